The first-order chi connectivity index (χ1) is 5.59. The van der Waals surface area contributed by atoms with Gasteiger partial charge in [-0.3, -0.25) is 0 Å². The van der Waals surface area contributed by atoms with Gasteiger partial charge in [0, 0.05) is 11.4 Å². The highest BCUT2D eigenvalue weighted by atomic mass is 35.5. The lowest BCUT2D eigenvalue weighted by atomic mass is 9.78. The number of likely N-dealkylation sites (tertiary alicyclic amines) is 1. The predicted molar refractivity (Wildman–Crippen MR) is 62.0 cm³/mol. The summed E-state index contributed by atoms with van der Waals surface area (Å²) in [4.78, 5) is 2.47. The standard InChI is InChI=1S/C10H20ClN.ClH/c1-10(2)9(6-7-11)5-4-8-12(10)3;/h9H,4-8H2,1-3H3;1H. The minimum atomic E-state index is 0. The van der Waals surface area contributed by atoms with Gasteiger partial charge >= 0.3 is 0 Å². The van der Waals surface area contributed by atoms with E-state index in [1.54, 1.807) is 0 Å². The first-order valence-electron chi connectivity index (χ1n) is 4.86. The van der Waals surface area contributed by atoms with E-state index in [4.69, 9.17) is 11.6 Å². The summed E-state index contributed by atoms with van der Waals surface area (Å²) in [6.45, 7) is 5.92. The Balaban J connectivity index is 0.00000144. The van der Waals surface area contributed by atoms with Crippen LogP contribution < -0.4 is 0 Å². The molecule has 80 valence electrons. The fourth-order valence-electron chi connectivity index (χ4n) is 2.16. The van der Waals surface area contributed by atoms with Crippen molar-refractivity contribution in [3.8, 4) is 0 Å². The Morgan fingerprint density at radius 2 is 2.08 bits per heavy atom. The lowest BCUT2D eigenvalue weighted by Crippen LogP contribution is -2.51. The molecule has 1 saturated heterocycles. The normalized spacial score (nSPS) is 28.2. The third-order valence-electron chi connectivity index (χ3n) is 3.49. The van der Waals surface area contributed by atoms with Crippen molar-refractivity contribution in [3.05, 3.63) is 0 Å². The highest BCUT2D eigenvalue weighted by Gasteiger charge is 2.35. The molecule has 0 spiro atoms. The molecule has 0 bridgehead atoms. The third kappa shape index (κ3) is 3.00. The second-order valence-corrected chi connectivity index (χ2v) is 4.77. The number of hydrogen-bond acceptors (Lipinski definition) is 1. The molecule has 0 amide bonds. The van der Waals surface area contributed by atoms with Crippen LogP contribution >= 0.6 is 24.0 Å². The minimum Gasteiger partial charge on any atom is -0.301 e. The second kappa shape index (κ2) is 5.43. The highest BCUT2D eigenvalue weighted by molar-refractivity contribution is 6.17. The van der Waals surface area contributed by atoms with Crippen molar-refractivity contribution in [2.75, 3.05) is 19.5 Å². The molecule has 0 saturated carbocycles. The van der Waals surface area contributed by atoms with Gasteiger partial charge < -0.3 is 4.90 Å². The van der Waals surface area contributed by atoms with Crippen LogP contribution in [-0.4, -0.2) is 29.9 Å². The van der Waals surface area contributed by atoms with Crippen molar-refractivity contribution in [2.24, 2.45) is 5.92 Å². The van der Waals surface area contributed by atoms with Crippen LogP contribution in [0, 0.1) is 5.92 Å². The molecule has 1 fully saturated rings. The van der Waals surface area contributed by atoms with Crippen LogP contribution in [0.1, 0.15) is 33.1 Å². The van der Waals surface area contributed by atoms with E-state index in [-0.39, 0.29) is 12.4 Å². The zero-order valence-corrected chi connectivity index (χ0v) is 10.4. The van der Waals surface area contributed by atoms with Crippen LogP contribution in [0.15, 0.2) is 0 Å². The van der Waals surface area contributed by atoms with Gasteiger partial charge in [0.15, 0.2) is 0 Å². The Labute approximate surface area is 93.2 Å². The van der Waals surface area contributed by atoms with E-state index in [9.17, 15) is 0 Å². The van der Waals surface area contributed by atoms with Crippen LogP contribution in [0.3, 0.4) is 0 Å². The number of hydrogen-bond donors (Lipinski definition) is 0. The summed E-state index contributed by atoms with van der Waals surface area (Å²) in [5.41, 5.74) is 0.354. The molecule has 1 nitrogen and oxygen atoms in total. The molecule has 1 aliphatic rings. The van der Waals surface area contributed by atoms with Crippen molar-refractivity contribution >= 4 is 24.0 Å². The molecule has 1 unspecified atom stereocenters. The molecular formula is C10H21Cl2N. The summed E-state index contributed by atoms with van der Waals surface area (Å²) in [6, 6.07) is 0. The largest absolute Gasteiger partial charge is 0.301 e. The highest BCUT2D eigenvalue weighted by Crippen LogP contribution is 2.34. The van der Waals surface area contributed by atoms with Crippen molar-refractivity contribution < 1.29 is 0 Å². The Morgan fingerprint density at radius 3 is 2.62 bits per heavy atom. The van der Waals surface area contributed by atoms with E-state index in [0.717, 1.165) is 11.8 Å². The second-order valence-electron chi connectivity index (χ2n) is 4.39. The average Bonchev–Trinajstić information content (AvgIpc) is 2.00. The number of piperidine rings is 1. The predicted octanol–water partition coefficient (Wildman–Crippen LogP) is 3.16. The minimum absolute atomic E-state index is 0. The topological polar surface area (TPSA) is 3.24 Å². The van der Waals surface area contributed by atoms with Gasteiger partial charge in [-0.25, -0.2) is 0 Å². The Hall–Kier alpha value is 0.540. The van der Waals surface area contributed by atoms with Gasteiger partial charge in [-0.05, 0) is 52.6 Å². The Kier molecular flexibility index (Phi) is 5.65. The molecule has 0 aliphatic carbocycles. The van der Waals surface area contributed by atoms with Gasteiger partial charge in [-0.1, -0.05) is 0 Å². The van der Waals surface area contributed by atoms with Crippen molar-refractivity contribution in [2.45, 2.75) is 38.6 Å². The molecule has 0 N–H and O–H groups in total. The quantitative estimate of drug-likeness (QED) is 0.654. The molecule has 0 aromatic heterocycles. The fraction of sp³-hybridized carbons (Fsp3) is 1.00. The summed E-state index contributed by atoms with van der Waals surface area (Å²) in [7, 11) is 2.22. The van der Waals surface area contributed by atoms with Crippen LogP contribution in [0.4, 0.5) is 0 Å². The number of nitrogens with zero attached hydrogens (tertiary/aromatic N) is 1. The molecule has 0 aromatic rings. The fourth-order valence-corrected chi connectivity index (χ4v) is 2.42. The van der Waals surface area contributed by atoms with Crippen molar-refractivity contribution in [3.63, 3.8) is 0 Å². The Morgan fingerprint density at radius 1 is 1.46 bits per heavy atom. The SMILES string of the molecule is CN1CCCC(CCCl)C1(C)C.Cl. The van der Waals surface area contributed by atoms with E-state index in [1.807, 2.05) is 0 Å². The summed E-state index contributed by atoms with van der Waals surface area (Å²) >= 11 is 5.79. The molecule has 1 atom stereocenters. The Bertz CT molecular complexity index is 146. The van der Waals surface area contributed by atoms with E-state index in [2.05, 4.69) is 25.8 Å². The van der Waals surface area contributed by atoms with Crippen LogP contribution in [0.25, 0.3) is 0 Å². The summed E-state index contributed by atoms with van der Waals surface area (Å²) in [5, 5.41) is 0. The first kappa shape index (κ1) is 13.5. The number of rotatable bonds is 2. The lowest BCUT2D eigenvalue weighted by molar-refractivity contribution is 0.0437. The molecule has 1 aliphatic heterocycles. The zero-order chi connectivity index (χ0) is 9.19. The van der Waals surface area contributed by atoms with Gasteiger partial charge in [0.05, 0.1) is 0 Å². The van der Waals surface area contributed by atoms with Gasteiger partial charge in [-0.2, -0.15) is 0 Å². The molecule has 1 heterocycles. The molecule has 1 rings (SSSR count). The van der Waals surface area contributed by atoms with Gasteiger partial charge in [0.2, 0.25) is 0 Å². The monoisotopic (exact) mass is 225 g/mol. The summed E-state index contributed by atoms with van der Waals surface area (Å²) in [5.74, 6) is 1.59. The number of alkyl halides is 1. The maximum atomic E-state index is 5.79. The zero-order valence-electron chi connectivity index (χ0n) is 8.85. The van der Waals surface area contributed by atoms with Gasteiger partial charge in [-0.15, -0.1) is 24.0 Å². The van der Waals surface area contributed by atoms with E-state index in [0.29, 0.717) is 5.54 Å². The third-order valence-corrected chi connectivity index (χ3v) is 3.70. The van der Waals surface area contributed by atoms with E-state index < -0.39 is 0 Å². The van der Waals surface area contributed by atoms with Crippen molar-refractivity contribution in [1.29, 1.82) is 0 Å². The van der Waals surface area contributed by atoms with Crippen LogP contribution in [0.2, 0.25) is 0 Å². The first-order valence-corrected chi connectivity index (χ1v) is 5.39. The maximum Gasteiger partial charge on any atom is 0.0226 e. The molecule has 0 aromatic carbocycles. The lowest BCUT2D eigenvalue weighted by Gasteiger charge is -2.46. The average molecular weight is 226 g/mol. The van der Waals surface area contributed by atoms with Crippen LogP contribution in [-0.2, 0) is 0 Å². The van der Waals surface area contributed by atoms with Crippen LogP contribution in [0.5, 0.6) is 0 Å². The molecule has 13 heavy (non-hydrogen) atoms. The van der Waals surface area contributed by atoms with E-state index in [1.165, 1.54) is 25.8 Å². The summed E-state index contributed by atoms with van der Waals surface area (Å²) in [6.07, 6.45) is 3.85. The molecular weight excluding hydrogens is 205 g/mol. The smallest absolute Gasteiger partial charge is 0.0226 e. The van der Waals surface area contributed by atoms with Gasteiger partial charge in [0.1, 0.15) is 0 Å². The molecule has 3 heteroatoms. The van der Waals surface area contributed by atoms with Gasteiger partial charge in [0.25, 0.3) is 0 Å². The summed E-state index contributed by atoms with van der Waals surface area (Å²) < 4.78 is 0. The van der Waals surface area contributed by atoms with Crippen molar-refractivity contribution in [1.82, 2.24) is 4.90 Å². The maximum absolute atomic E-state index is 5.79. The molecule has 0 radical (unpaired) electrons. The van der Waals surface area contributed by atoms with E-state index >= 15 is 0 Å². The number of halogens is 2.